The van der Waals surface area contributed by atoms with Gasteiger partial charge in [0.2, 0.25) is 11.8 Å². The fraction of sp³-hybridized carbons (Fsp3) is 0.529. The van der Waals surface area contributed by atoms with Crippen LogP contribution in [0.3, 0.4) is 0 Å². The molecular weight excluding hydrogens is 401 g/mol. The molecule has 1 saturated heterocycles. The first-order chi connectivity index (χ1) is 11.7. The van der Waals surface area contributed by atoms with Crippen molar-refractivity contribution in [3.8, 4) is 0 Å². The van der Waals surface area contributed by atoms with E-state index in [1.165, 1.54) is 0 Å². The number of rotatable bonds is 4. The second-order valence-corrected chi connectivity index (χ2v) is 7.64. The van der Waals surface area contributed by atoms with E-state index in [-0.39, 0.29) is 18.9 Å². The Morgan fingerprint density at radius 3 is 2.64 bits per heavy atom. The summed E-state index contributed by atoms with van der Waals surface area (Å²) in [6.07, 6.45) is -2.09. The molecule has 1 aliphatic heterocycles. The Balaban J connectivity index is 1.68. The predicted molar refractivity (Wildman–Crippen MR) is 88.6 cm³/mol. The van der Waals surface area contributed by atoms with E-state index >= 15 is 0 Å². The zero-order valence-electron chi connectivity index (χ0n) is 13.4. The van der Waals surface area contributed by atoms with Gasteiger partial charge >= 0.3 is 6.18 Å². The van der Waals surface area contributed by atoms with Crippen LogP contribution in [0.15, 0.2) is 28.7 Å². The van der Waals surface area contributed by atoms with Crippen LogP contribution in [0.4, 0.5) is 13.2 Å². The molecule has 0 bridgehead atoms. The van der Waals surface area contributed by atoms with Gasteiger partial charge in [0.15, 0.2) is 0 Å². The number of halogens is 4. The van der Waals surface area contributed by atoms with E-state index < -0.39 is 30.1 Å². The highest BCUT2D eigenvalue weighted by Crippen LogP contribution is 2.42. The highest BCUT2D eigenvalue weighted by atomic mass is 79.9. The summed E-state index contributed by atoms with van der Waals surface area (Å²) >= 11 is 3.41. The Hall–Kier alpha value is -1.57. The van der Waals surface area contributed by atoms with Crippen molar-refractivity contribution in [3.63, 3.8) is 0 Å². The number of hydrogen-bond acceptors (Lipinski definition) is 2. The Kier molecular flexibility index (Phi) is 4.83. The van der Waals surface area contributed by atoms with Crippen molar-refractivity contribution in [1.82, 2.24) is 10.2 Å². The molecular formula is C17H18BrF3N2O2. The van der Waals surface area contributed by atoms with Gasteiger partial charge in [0.25, 0.3) is 0 Å². The van der Waals surface area contributed by atoms with Crippen LogP contribution in [-0.4, -0.2) is 36.0 Å². The summed E-state index contributed by atoms with van der Waals surface area (Å²) in [6.45, 7) is -1.48. The van der Waals surface area contributed by atoms with E-state index in [4.69, 9.17) is 0 Å². The first-order valence-corrected chi connectivity index (χ1v) is 8.90. The van der Waals surface area contributed by atoms with Crippen molar-refractivity contribution < 1.29 is 22.8 Å². The normalized spacial score (nSPS) is 22.6. The fourth-order valence-electron chi connectivity index (χ4n) is 3.46. The Labute approximate surface area is 151 Å². The van der Waals surface area contributed by atoms with Crippen LogP contribution in [0, 0.1) is 5.92 Å². The van der Waals surface area contributed by atoms with Crippen molar-refractivity contribution >= 4 is 27.7 Å². The van der Waals surface area contributed by atoms with Gasteiger partial charge in [-0.05, 0) is 37.0 Å². The summed E-state index contributed by atoms with van der Waals surface area (Å²) in [7, 11) is 0. The average Bonchev–Trinajstić information content (AvgIpc) is 2.82. The topological polar surface area (TPSA) is 49.4 Å². The van der Waals surface area contributed by atoms with Crippen molar-refractivity contribution in [3.05, 3.63) is 34.3 Å². The van der Waals surface area contributed by atoms with Crippen LogP contribution in [0.25, 0.3) is 0 Å². The molecule has 2 fully saturated rings. The van der Waals surface area contributed by atoms with Gasteiger partial charge < -0.3 is 10.2 Å². The number of alkyl halides is 3. The molecule has 8 heteroatoms. The lowest BCUT2D eigenvalue weighted by atomic mass is 9.71. The third-order valence-corrected chi connectivity index (χ3v) is 5.40. The van der Waals surface area contributed by atoms with Crippen LogP contribution in [0.2, 0.25) is 0 Å². The zero-order chi connectivity index (χ0) is 18.2. The molecule has 2 amide bonds. The maximum Gasteiger partial charge on any atom is 0.406 e. The molecule has 0 spiro atoms. The minimum absolute atomic E-state index is 0.170. The van der Waals surface area contributed by atoms with Gasteiger partial charge in [-0.15, -0.1) is 0 Å². The number of carbonyl (C=O) groups excluding carboxylic acids is 2. The van der Waals surface area contributed by atoms with Gasteiger partial charge in [-0.3, -0.25) is 9.59 Å². The number of nitrogens with one attached hydrogen (secondary N) is 1. The van der Waals surface area contributed by atoms with Gasteiger partial charge in [-0.25, -0.2) is 0 Å². The summed E-state index contributed by atoms with van der Waals surface area (Å²) in [5.74, 6) is -1.71. The maximum absolute atomic E-state index is 12.6. The monoisotopic (exact) mass is 418 g/mol. The van der Waals surface area contributed by atoms with E-state index in [2.05, 4.69) is 21.2 Å². The van der Waals surface area contributed by atoms with Crippen LogP contribution < -0.4 is 5.32 Å². The van der Waals surface area contributed by atoms with Gasteiger partial charge in [0, 0.05) is 17.4 Å². The molecule has 1 saturated carbocycles. The molecule has 1 aromatic carbocycles. The van der Waals surface area contributed by atoms with E-state index in [9.17, 15) is 22.8 Å². The largest absolute Gasteiger partial charge is 0.406 e. The SMILES string of the molecule is O=C(NC1(c2cccc(Br)c2)CCC1)C1CC(=O)N(CC(F)(F)F)C1. The predicted octanol–water partition coefficient (Wildman–Crippen LogP) is 3.36. The third-order valence-electron chi connectivity index (χ3n) is 4.90. The number of hydrogen-bond donors (Lipinski definition) is 1. The third kappa shape index (κ3) is 3.99. The zero-order valence-corrected chi connectivity index (χ0v) is 15.0. The summed E-state index contributed by atoms with van der Waals surface area (Å²) in [5.41, 5.74) is 0.486. The summed E-state index contributed by atoms with van der Waals surface area (Å²) in [5, 5.41) is 3.00. The molecule has 1 unspecified atom stereocenters. The van der Waals surface area contributed by atoms with Gasteiger partial charge in [0.1, 0.15) is 6.54 Å². The number of carbonyl (C=O) groups is 2. The average molecular weight is 419 g/mol. The molecule has 1 aliphatic carbocycles. The quantitative estimate of drug-likeness (QED) is 0.814. The molecule has 1 atom stereocenters. The maximum atomic E-state index is 12.6. The Morgan fingerprint density at radius 2 is 2.08 bits per heavy atom. The van der Waals surface area contributed by atoms with Crippen molar-refractivity contribution in [2.45, 2.75) is 37.4 Å². The van der Waals surface area contributed by atoms with E-state index in [0.717, 1.165) is 34.2 Å². The van der Waals surface area contributed by atoms with Gasteiger partial charge in [-0.2, -0.15) is 13.2 Å². The lowest BCUT2D eigenvalue weighted by molar-refractivity contribution is -0.157. The molecule has 1 aromatic rings. The molecule has 1 heterocycles. The molecule has 2 aliphatic rings. The lowest BCUT2D eigenvalue weighted by Crippen LogP contribution is -2.52. The Morgan fingerprint density at radius 1 is 1.36 bits per heavy atom. The molecule has 4 nitrogen and oxygen atoms in total. The van der Waals surface area contributed by atoms with Crippen LogP contribution in [0.1, 0.15) is 31.2 Å². The molecule has 1 N–H and O–H groups in total. The van der Waals surface area contributed by atoms with Crippen molar-refractivity contribution in [2.24, 2.45) is 5.92 Å². The smallest absolute Gasteiger partial charge is 0.346 e. The number of nitrogens with zero attached hydrogens (tertiary/aromatic N) is 1. The first kappa shape index (κ1) is 18.2. The van der Waals surface area contributed by atoms with Crippen LogP contribution in [-0.2, 0) is 15.1 Å². The fourth-order valence-corrected chi connectivity index (χ4v) is 3.86. The minimum Gasteiger partial charge on any atom is -0.346 e. The van der Waals surface area contributed by atoms with Crippen LogP contribution >= 0.6 is 15.9 Å². The molecule has 0 aromatic heterocycles. The number of amides is 2. The lowest BCUT2D eigenvalue weighted by Gasteiger charge is -2.43. The van der Waals surface area contributed by atoms with Gasteiger partial charge in [-0.1, -0.05) is 28.1 Å². The second-order valence-electron chi connectivity index (χ2n) is 6.73. The van der Waals surface area contributed by atoms with Crippen molar-refractivity contribution in [1.29, 1.82) is 0 Å². The van der Waals surface area contributed by atoms with E-state index in [1.54, 1.807) is 0 Å². The number of benzene rings is 1. The molecule has 0 radical (unpaired) electrons. The van der Waals surface area contributed by atoms with Crippen molar-refractivity contribution in [2.75, 3.05) is 13.1 Å². The van der Waals surface area contributed by atoms with E-state index in [1.807, 2.05) is 24.3 Å². The standard InChI is InChI=1S/C17H18BrF3N2O2/c18-13-4-1-3-12(8-13)16(5-2-6-16)22-15(25)11-7-14(24)23(9-11)10-17(19,20)21/h1,3-4,8,11H,2,5-7,9-10H2,(H,22,25). The molecule has 25 heavy (non-hydrogen) atoms. The Bertz CT molecular complexity index is 689. The second kappa shape index (κ2) is 6.63. The first-order valence-electron chi connectivity index (χ1n) is 8.11. The number of likely N-dealkylation sites (tertiary alicyclic amines) is 1. The summed E-state index contributed by atoms with van der Waals surface area (Å²) < 4.78 is 38.4. The van der Waals surface area contributed by atoms with E-state index in [0.29, 0.717) is 0 Å². The highest BCUT2D eigenvalue weighted by Gasteiger charge is 2.45. The van der Waals surface area contributed by atoms with Crippen LogP contribution in [0.5, 0.6) is 0 Å². The molecule has 3 rings (SSSR count). The molecule has 136 valence electrons. The van der Waals surface area contributed by atoms with Gasteiger partial charge in [0.05, 0.1) is 11.5 Å². The summed E-state index contributed by atoms with van der Waals surface area (Å²) in [4.78, 5) is 25.1. The minimum atomic E-state index is -4.45. The highest BCUT2D eigenvalue weighted by molar-refractivity contribution is 9.10. The summed E-state index contributed by atoms with van der Waals surface area (Å²) in [6, 6.07) is 7.65.